The summed E-state index contributed by atoms with van der Waals surface area (Å²) in [6, 6.07) is 9.09. The summed E-state index contributed by atoms with van der Waals surface area (Å²) < 4.78 is 10.4. The monoisotopic (exact) mass is 390 g/mol. The van der Waals surface area contributed by atoms with Gasteiger partial charge in [-0.2, -0.15) is 5.26 Å². The fourth-order valence-electron chi connectivity index (χ4n) is 2.24. The zero-order valence-electron chi connectivity index (χ0n) is 14.4. The molecule has 0 radical (unpaired) electrons. The number of nitrogens with zero attached hydrogens (tertiary/aromatic N) is 1. The van der Waals surface area contributed by atoms with Crippen molar-refractivity contribution < 1.29 is 19.1 Å². The fraction of sp³-hybridized carbons (Fsp3) is 0.278. The summed E-state index contributed by atoms with van der Waals surface area (Å²) in [5.74, 6) is -0.291. The molecule has 6 nitrogen and oxygen atoms in total. The summed E-state index contributed by atoms with van der Waals surface area (Å²) in [4.78, 5) is 25.5. The first-order valence-corrected chi connectivity index (χ1v) is 9.70. The van der Waals surface area contributed by atoms with Gasteiger partial charge < -0.3 is 15.2 Å². The first kappa shape index (κ1) is 19.8. The minimum absolute atomic E-state index is 0.141. The molecular weight excluding hydrogens is 372 g/mol. The lowest BCUT2D eigenvalue weighted by atomic mass is 10.1. The van der Waals surface area contributed by atoms with Crippen LogP contribution in [0.3, 0.4) is 0 Å². The number of carbonyl (C=O) groups is 2. The normalized spacial score (nSPS) is 10.2. The Morgan fingerprint density at radius 1 is 1.23 bits per heavy atom. The van der Waals surface area contributed by atoms with Gasteiger partial charge in [0.1, 0.15) is 22.6 Å². The summed E-state index contributed by atoms with van der Waals surface area (Å²) in [5, 5.41) is 9.50. The molecule has 0 aliphatic heterocycles. The van der Waals surface area contributed by atoms with Gasteiger partial charge in [-0.3, -0.25) is 0 Å². The highest BCUT2D eigenvalue weighted by Gasteiger charge is 2.24. The first-order valence-electron chi connectivity index (χ1n) is 7.90. The molecule has 0 atom stereocenters. The van der Waals surface area contributed by atoms with Crippen molar-refractivity contribution in [3.63, 3.8) is 0 Å². The van der Waals surface area contributed by atoms with Gasteiger partial charge in [0.05, 0.1) is 17.7 Å². The van der Waals surface area contributed by atoms with Crippen LogP contribution in [-0.4, -0.2) is 24.3 Å². The van der Waals surface area contributed by atoms with Crippen molar-refractivity contribution in [2.24, 2.45) is 0 Å². The third-order valence-corrected chi connectivity index (χ3v) is 5.36. The fourth-order valence-corrected chi connectivity index (χ4v) is 3.95. The van der Waals surface area contributed by atoms with E-state index in [9.17, 15) is 14.9 Å². The smallest absolute Gasteiger partial charge is 0.348 e. The van der Waals surface area contributed by atoms with Gasteiger partial charge in [0.2, 0.25) is 0 Å². The molecule has 0 fully saturated rings. The van der Waals surface area contributed by atoms with Gasteiger partial charge in [-0.15, -0.1) is 23.1 Å². The van der Waals surface area contributed by atoms with Crippen molar-refractivity contribution in [3.8, 4) is 6.07 Å². The quantitative estimate of drug-likeness (QED) is 0.566. The van der Waals surface area contributed by atoms with Crippen molar-refractivity contribution in [1.29, 1.82) is 5.26 Å². The van der Waals surface area contributed by atoms with E-state index in [1.54, 1.807) is 19.1 Å². The molecule has 26 heavy (non-hydrogen) atoms. The average molecular weight is 390 g/mol. The molecule has 1 aromatic heterocycles. The Morgan fingerprint density at radius 2 is 1.96 bits per heavy atom. The van der Waals surface area contributed by atoms with Crippen molar-refractivity contribution in [2.75, 3.05) is 18.1 Å². The van der Waals surface area contributed by atoms with Crippen LogP contribution < -0.4 is 5.73 Å². The number of carbonyl (C=O) groups excluding carboxylic acids is 2. The molecule has 0 spiro atoms. The van der Waals surface area contributed by atoms with Crippen LogP contribution >= 0.6 is 23.1 Å². The molecular formula is C18H18N2O4S2. The van der Waals surface area contributed by atoms with Crippen LogP contribution in [-0.2, 0) is 16.1 Å². The highest BCUT2D eigenvalue weighted by atomic mass is 32.2. The van der Waals surface area contributed by atoms with E-state index in [-0.39, 0.29) is 34.2 Å². The number of nitrogens with two attached hydrogens (primary N) is 1. The number of ether oxygens (including phenoxy) is 2. The van der Waals surface area contributed by atoms with Crippen LogP contribution in [0.5, 0.6) is 0 Å². The molecule has 0 amide bonds. The van der Waals surface area contributed by atoms with E-state index >= 15 is 0 Å². The topological polar surface area (TPSA) is 102 Å². The van der Waals surface area contributed by atoms with Gasteiger partial charge in [-0.05, 0) is 24.8 Å². The van der Waals surface area contributed by atoms with E-state index in [0.29, 0.717) is 5.56 Å². The molecule has 0 bridgehead atoms. The van der Waals surface area contributed by atoms with Crippen LogP contribution in [0.4, 0.5) is 5.00 Å². The largest absolute Gasteiger partial charge is 0.462 e. The second-order valence-electron chi connectivity index (χ2n) is 4.99. The molecule has 2 rings (SSSR count). The lowest BCUT2D eigenvalue weighted by molar-refractivity contribution is 0.0449. The summed E-state index contributed by atoms with van der Waals surface area (Å²) >= 11 is 2.49. The zero-order valence-corrected chi connectivity index (χ0v) is 16.0. The van der Waals surface area contributed by atoms with Gasteiger partial charge >= 0.3 is 11.9 Å². The lowest BCUT2D eigenvalue weighted by Gasteiger charge is -2.09. The summed E-state index contributed by atoms with van der Waals surface area (Å²) in [6.07, 6.45) is 0. The molecule has 0 saturated heterocycles. The molecule has 8 heteroatoms. The minimum atomic E-state index is -0.585. The highest BCUT2D eigenvalue weighted by molar-refractivity contribution is 7.99. The van der Waals surface area contributed by atoms with E-state index in [1.165, 1.54) is 11.8 Å². The Labute approximate surface area is 159 Å². The second kappa shape index (κ2) is 9.27. The van der Waals surface area contributed by atoms with E-state index in [2.05, 4.69) is 0 Å². The number of nitriles is 1. The summed E-state index contributed by atoms with van der Waals surface area (Å²) in [7, 11) is 0. The first-order chi connectivity index (χ1) is 12.5. The standard InChI is InChI=1S/C18H18N2O4S2/c1-3-23-18(22)15-13(12(9-19)16(20)26-15)10-24-17(21)11-7-5-6-8-14(11)25-4-2/h5-8H,3-4,10,20H2,1-2H3. The number of benzene rings is 1. The van der Waals surface area contributed by atoms with Crippen molar-refractivity contribution in [2.45, 2.75) is 25.3 Å². The van der Waals surface area contributed by atoms with Crippen molar-refractivity contribution in [1.82, 2.24) is 0 Å². The van der Waals surface area contributed by atoms with Gasteiger partial charge in [0.15, 0.2) is 0 Å². The highest BCUT2D eigenvalue weighted by Crippen LogP contribution is 2.32. The number of thioether (sulfide) groups is 1. The Balaban J connectivity index is 2.25. The van der Waals surface area contributed by atoms with Crippen LogP contribution in [0.25, 0.3) is 0 Å². The van der Waals surface area contributed by atoms with Crippen LogP contribution in [0.1, 0.15) is 45.0 Å². The molecule has 136 valence electrons. The molecule has 1 aromatic carbocycles. The molecule has 0 saturated carbocycles. The Hall–Kier alpha value is -2.50. The van der Waals surface area contributed by atoms with Gasteiger partial charge in [0, 0.05) is 10.5 Å². The second-order valence-corrected chi connectivity index (χ2v) is 7.34. The van der Waals surface area contributed by atoms with Crippen molar-refractivity contribution in [3.05, 3.63) is 45.8 Å². The third kappa shape index (κ3) is 4.36. The van der Waals surface area contributed by atoms with E-state index in [0.717, 1.165) is 22.0 Å². The molecule has 2 aromatic rings. The number of rotatable bonds is 7. The average Bonchev–Trinajstić information content (AvgIpc) is 2.96. The summed E-state index contributed by atoms with van der Waals surface area (Å²) in [5.41, 5.74) is 6.68. The van der Waals surface area contributed by atoms with E-state index in [1.807, 2.05) is 25.1 Å². The predicted molar refractivity (Wildman–Crippen MR) is 101 cm³/mol. The predicted octanol–water partition coefficient (Wildman–Crippen LogP) is 3.85. The SMILES string of the molecule is CCOC(=O)c1sc(N)c(C#N)c1COC(=O)c1ccccc1SCC. The van der Waals surface area contributed by atoms with Gasteiger partial charge in [0.25, 0.3) is 0 Å². The number of hydrogen-bond acceptors (Lipinski definition) is 8. The number of esters is 2. The van der Waals surface area contributed by atoms with Crippen LogP contribution in [0.2, 0.25) is 0 Å². The maximum atomic E-state index is 12.5. The molecule has 1 heterocycles. The maximum Gasteiger partial charge on any atom is 0.348 e. The van der Waals surface area contributed by atoms with Crippen LogP contribution in [0.15, 0.2) is 29.2 Å². The number of nitrogen functional groups attached to an aromatic ring is 1. The van der Waals surface area contributed by atoms with Crippen molar-refractivity contribution >= 4 is 40.0 Å². The zero-order chi connectivity index (χ0) is 19.1. The Kier molecular flexibility index (Phi) is 7.06. The molecule has 0 aliphatic rings. The molecule has 2 N–H and O–H groups in total. The lowest BCUT2D eigenvalue weighted by Crippen LogP contribution is -2.10. The maximum absolute atomic E-state index is 12.5. The number of hydrogen-bond donors (Lipinski definition) is 1. The van der Waals surface area contributed by atoms with Gasteiger partial charge in [-0.25, -0.2) is 9.59 Å². The molecule has 0 unspecified atom stereocenters. The van der Waals surface area contributed by atoms with E-state index < -0.39 is 11.9 Å². The Bertz CT molecular complexity index is 855. The number of anilines is 1. The number of thiophene rings is 1. The van der Waals surface area contributed by atoms with Crippen LogP contribution in [0, 0.1) is 11.3 Å². The van der Waals surface area contributed by atoms with E-state index in [4.69, 9.17) is 15.2 Å². The summed E-state index contributed by atoms with van der Waals surface area (Å²) in [6.45, 7) is 3.64. The Morgan fingerprint density at radius 3 is 2.62 bits per heavy atom. The molecule has 0 aliphatic carbocycles. The minimum Gasteiger partial charge on any atom is -0.462 e. The third-order valence-electron chi connectivity index (χ3n) is 3.36. The van der Waals surface area contributed by atoms with Gasteiger partial charge in [-0.1, -0.05) is 19.1 Å².